The van der Waals surface area contributed by atoms with Crippen LogP contribution in [0.1, 0.15) is 34.1 Å². The van der Waals surface area contributed by atoms with Gasteiger partial charge in [0.2, 0.25) is 0 Å². The van der Waals surface area contributed by atoms with E-state index in [1.807, 2.05) is 13.8 Å². The molecule has 78 valence electrons. The number of hydrogen-bond donors (Lipinski definition) is 2. The van der Waals surface area contributed by atoms with Crippen LogP contribution >= 0.6 is 11.8 Å². The van der Waals surface area contributed by atoms with Gasteiger partial charge in [0.15, 0.2) is 0 Å². The van der Waals surface area contributed by atoms with E-state index in [-0.39, 0.29) is 0 Å². The lowest BCUT2D eigenvalue weighted by Crippen LogP contribution is -2.47. The number of aliphatic carboxylic acids is 1. The number of carboxylic acids is 1. The molecule has 0 aliphatic heterocycles. The van der Waals surface area contributed by atoms with Gasteiger partial charge in [-0.2, -0.15) is 11.8 Å². The normalized spacial score (nSPS) is 16.7. The van der Waals surface area contributed by atoms with Crippen molar-refractivity contribution in [2.24, 2.45) is 5.73 Å². The summed E-state index contributed by atoms with van der Waals surface area (Å²) >= 11 is 1.63. The maximum absolute atomic E-state index is 10.7. The van der Waals surface area contributed by atoms with Gasteiger partial charge in [-0.1, -0.05) is 13.8 Å². The highest BCUT2D eigenvalue weighted by Gasteiger charge is 2.33. The van der Waals surface area contributed by atoms with Crippen molar-refractivity contribution in [1.29, 1.82) is 0 Å². The molecule has 0 aromatic carbocycles. The van der Waals surface area contributed by atoms with Crippen molar-refractivity contribution in [3.05, 3.63) is 0 Å². The lowest BCUT2D eigenvalue weighted by molar-refractivity contribution is -0.139. The standard InChI is InChI=1S/C9H19NO2S/c1-5-6(2)13-9(3,4)7(10)8(11)12/h6-7H,5,10H2,1-4H3,(H,11,12)/t6?,7-/m1/s1. The quantitative estimate of drug-likeness (QED) is 0.717. The van der Waals surface area contributed by atoms with Gasteiger partial charge in [-0.05, 0) is 20.3 Å². The maximum Gasteiger partial charge on any atom is 0.321 e. The molecule has 3 N–H and O–H groups in total. The molecule has 0 bridgehead atoms. The largest absolute Gasteiger partial charge is 0.480 e. The molecule has 0 aromatic rings. The van der Waals surface area contributed by atoms with Crippen molar-refractivity contribution in [1.82, 2.24) is 0 Å². The van der Waals surface area contributed by atoms with Crippen molar-refractivity contribution in [2.45, 2.75) is 50.2 Å². The summed E-state index contributed by atoms with van der Waals surface area (Å²) < 4.78 is -0.402. The van der Waals surface area contributed by atoms with E-state index in [9.17, 15) is 4.79 Å². The van der Waals surface area contributed by atoms with Gasteiger partial charge in [0.25, 0.3) is 0 Å². The highest BCUT2D eigenvalue weighted by Crippen LogP contribution is 2.32. The molecule has 2 atom stereocenters. The first kappa shape index (κ1) is 12.8. The third-order valence-electron chi connectivity index (χ3n) is 2.09. The summed E-state index contributed by atoms with van der Waals surface area (Å²) in [6.45, 7) is 7.92. The Kier molecular flexibility index (Phi) is 4.78. The molecular weight excluding hydrogens is 186 g/mol. The average Bonchev–Trinajstić information content (AvgIpc) is 2.01. The molecule has 0 fully saturated rings. The van der Waals surface area contributed by atoms with Crippen LogP contribution in [0.4, 0.5) is 0 Å². The molecule has 0 heterocycles. The number of carboxylic acid groups (broad SMARTS) is 1. The zero-order valence-corrected chi connectivity index (χ0v) is 9.52. The zero-order valence-electron chi connectivity index (χ0n) is 8.70. The van der Waals surface area contributed by atoms with Crippen molar-refractivity contribution in [3.8, 4) is 0 Å². The van der Waals surface area contributed by atoms with Crippen LogP contribution in [0.5, 0.6) is 0 Å². The third kappa shape index (κ3) is 4.00. The van der Waals surface area contributed by atoms with Gasteiger partial charge < -0.3 is 10.8 Å². The van der Waals surface area contributed by atoms with Gasteiger partial charge in [-0.25, -0.2) is 0 Å². The van der Waals surface area contributed by atoms with Crippen molar-refractivity contribution in [3.63, 3.8) is 0 Å². The number of hydrogen-bond acceptors (Lipinski definition) is 3. The van der Waals surface area contributed by atoms with E-state index in [2.05, 4.69) is 13.8 Å². The summed E-state index contributed by atoms with van der Waals surface area (Å²) in [5.41, 5.74) is 5.58. The molecule has 3 nitrogen and oxygen atoms in total. The maximum atomic E-state index is 10.7. The SMILES string of the molecule is CCC(C)SC(C)(C)[C@H](N)C(=O)O. The smallest absolute Gasteiger partial charge is 0.321 e. The Morgan fingerprint density at radius 1 is 1.62 bits per heavy atom. The summed E-state index contributed by atoms with van der Waals surface area (Å²) in [5.74, 6) is -0.930. The molecule has 0 aliphatic rings. The van der Waals surface area contributed by atoms with Crippen LogP contribution in [0.25, 0.3) is 0 Å². The summed E-state index contributed by atoms with van der Waals surface area (Å²) in [5, 5.41) is 9.21. The van der Waals surface area contributed by atoms with Gasteiger partial charge in [0, 0.05) is 10.00 Å². The van der Waals surface area contributed by atoms with E-state index in [0.717, 1.165) is 6.42 Å². The first-order chi connectivity index (χ1) is 5.81. The lowest BCUT2D eigenvalue weighted by Gasteiger charge is -2.30. The van der Waals surface area contributed by atoms with E-state index in [0.29, 0.717) is 5.25 Å². The second-order valence-corrected chi connectivity index (χ2v) is 5.85. The number of thioether (sulfide) groups is 1. The fourth-order valence-electron chi connectivity index (χ4n) is 0.973. The third-order valence-corrected chi connectivity index (χ3v) is 3.69. The van der Waals surface area contributed by atoms with Crippen LogP contribution in [0.15, 0.2) is 0 Å². The van der Waals surface area contributed by atoms with Crippen LogP contribution in [-0.2, 0) is 4.79 Å². The van der Waals surface area contributed by atoms with E-state index < -0.39 is 16.8 Å². The second-order valence-electron chi connectivity index (χ2n) is 3.76. The number of nitrogens with two attached hydrogens (primary N) is 1. The topological polar surface area (TPSA) is 63.3 Å². The van der Waals surface area contributed by atoms with E-state index >= 15 is 0 Å². The Labute approximate surface area is 84.1 Å². The second kappa shape index (κ2) is 4.86. The number of carbonyl (C=O) groups is 1. The van der Waals surface area contributed by atoms with Gasteiger partial charge in [-0.15, -0.1) is 0 Å². The molecule has 13 heavy (non-hydrogen) atoms. The Morgan fingerprint density at radius 3 is 2.38 bits per heavy atom. The summed E-state index contributed by atoms with van der Waals surface area (Å²) in [6.07, 6.45) is 1.03. The Morgan fingerprint density at radius 2 is 2.08 bits per heavy atom. The van der Waals surface area contributed by atoms with Gasteiger partial charge >= 0.3 is 5.97 Å². The van der Waals surface area contributed by atoms with Crippen LogP contribution in [0, 0.1) is 0 Å². The molecule has 0 aromatic heterocycles. The van der Waals surface area contributed by atoms with Gasteiger partial charge in [0.1, 0.15) is 6.04 Å². The predicted molar refractivity (Wildman–Crippen MR) is 57.0 cm³/mol. The molecule has 0 saturated carbocycles. The highest BCUT2D eigenvalue weighted by atomic mass is 32.2. The van der Waals surface area contributed by atoms with Gasteiger partial charge in [0.05, 0.1) is 0 Å². The highest BCUT2D eigenvalue weighted by molar-refractivity contribution is 8.01. The van der Waals surface area contributed by atoms with Crippen LogP contribution in [0.2, 0.25) is 0 Å². The summed E-state index contributed by atoms with van der Waals surface area (Å²) in [7, 11) is 0. The molecular formula is C9H19NO2S. The fraction of sp³-hybridized carbons (Fsp3) is 0.889. The van der Waals surface area contributed by atoms with Crippen LogP contribution in [0.3, 0.4) is 0 Å². The van der Waals surface area contributed by atoms with Crippen LogP contribution < -0.4 is 5.73 Å². The molecule has 0 saturated heterocycles. The van der Waals surface area contributed by atoms with Crippen molar-refractivity contribution >= 4 is 17.7 Å². The number of rotatable bonds is 5. The molecule has 0 spiro atoms. The first-order valence-corrected chi connectivity index (χ1v) is 5.35. The van der Waals surface area contributed by atoms with Crippen molar-refractivity contribution < 1.29 is 9.90 Å². The monoisotopic (exact) mass is 205 g/mol. The summed E-state index contributed by atoms with van der Waals surface area (Å²) in [4.78, 5) is 10.7. The van der Waals surface area contributed by atoms with Crippen LogP contribution in [-0.4, -0.2) is 27.1 Å². The molecule has 0 amide bonds. The minimum Gasteiger partial charge on any atom is -0.480 e. The predicted octanol–water partition coefficient (Wildman–Crippen LogP) is 1.71. The molecule has 0 aliphatic carbocycles. The van der Waals surface area contributed by atoms with Gasteiger partial charge in [-0.3, -0.25) is 4.79 Å². The van der Waals surface area contributed by atoms with E-state index in [1.165, 1.54) is 0 Å². The Balaban J connectivity index is 4.29. The fourth-order valence-corrected chi connectivity index (χ4v) is 2.42. The molecule has 0 radical (unpaired) electrons. The summed E-state index contributed by atoms with van der Waals surface area (Å²) in [6, 6.07) is -0.800. The lowest BCUT2D eigenvalue weighted by atomic mass is 10.1. The van der Waals surface area contributed by atoms with E-state index in [4.69, 9.17) is 10.8 Å². The molecule has 0 rings (SSSR count). The average molecular weight is 205 g/mol. The Hall–Kier alpha value is -0.220. The minimum atomic E-state index is -0.930. The minimum absolute atomic E-state index is 0.402. The zero-order chi connectivity index (χ0) is 10.6. The van der Waals surface area contributed by atoms with Crippen molar-refractivity contribution in [2.75, 3.05) is 0 Å². The molecule has 4 heteroatoms. The Bertz CT molecular complexity index is 182. The molecule has 1 unspecified atom stereocenters. The van der Waals surface area contributed by atoms with E-state index in [1.54, 1.807) is 11.8 Å². The first-order valence-electron chi connectivity index (χ1n) is 4.47.